The summed E-state index contributed by atoms with van der Waals surface area (Å²) < 4.78 is 13.8. The number of rotatable bonds is 5. The summed E-state index contributed by atoms with van der Waals surface area (Å²) in [6.07, 6.45) is 3.52. The number of halogens is 3. The van der Waals surface area contributed by atoms with E-state index in [1.807, 2.05) is 13.0 Å². The molecule has 122 valence electrons. The van der Waals surface area contributed by atoms with E-state index in [9.17, 15) is 4.39 Å². The van der Waals surface area contributed by atoms with Gasteiger partial charge in [-0.05, 0) is 30.5 Å². The first kappa shape index (κ1) is 20.6. The van der Waals surface area contributed by atoms with E-state index in [0.717, 1.165) is 38.2 Å². The second-order valence-electron chi connectivity index (χ2n) is 5.40. The van der Waals surface area contributed by atoms with Crippen molar-refractivity contribution in [2.75, 3.05) is 26.2 Å². The zero-order valence-corrected chi connectivity index (χ0v) is 14.5. The van der Waals surface area contributed by atoms with E-state index in [1.165, 1.54) is 18.4 Å². The summed E-state index contributed by atoms with van der Waals surface area (Å²) in [6.45, 7) is 8.32. The van der Waals surface area contributed by atoms with E-state index >= 15 is 0 Å². The second-order valence-corrected chi connectivity index (χ2v) is 5.40. The molecule has 0 radical (unpaired) electrons. The van der Waals surface area contributed by atoms with Crippen LogP contribution in [0.15, 0.2) is 18.2 Å². The average molecular weight is 337 g/mol. The zero-order chi connectivity index (χ0) is 13.7. The van der Waals surface area contributed by atoms with Crippen molar-refractivity contribution in [2.24, 2.45) is 0 Å². The first-order chi connectivity index (χ1) is 9.24. The number of piperazine rings is 1. The molecule has 1 aromatic carbocycles. The van der Waals surface area contributed by atoms with E-state index < -0.39 is 0 Å². The molecule has 0 unspecified atom stereocenters. The van der Waals surface area contributed by atoms with Crippen LogP contribution in [-0.2, 0) is 0 Å². The van der Waals surface area contributed by atoms with Gasteiger partial charge in [-0.1, -0.05) is 31.9 Å². The van der Waals surface area contributed by atoms with Gasteiger partial charge in [0.1, 0.15) is 5.82 Å². The van der Waals surface area contributed by atoms with Crippen LogP contribution in [-0.4, -0.2) is 31.1 Å². The Balaban J connectivity index is 0.00000200. The molecule has 1 saturated heterocycles. The molecule has 1 fully saturated rings. The van der Waals surface area contributed by atoms with Gasteiger partial charge in [-0.15, -0.1) is 24.8 Å². The van der Waals surface area contributed by atoms with Crippen molar-refractivity contribution in [1.82, 2.24) is 10.2 Å². The third-order valence-electron chi connectivity index (χ3n) is 4.09. The Morgan fingerprint density at radius 2 is 1.90 bits per heavy atom. The minimum Gasteiger partial charge on any atom is -0.314 e. The summed E-state index contributed by atoms with van der Waals surface area (Å²) in [7, 11) is 0. The third-order valence-corrected chi connectivity index (χ3v) is 4.09. The molecule has 2 nitrogen and oxygen atoms in total. The van der Waals surface area contributed by atoms with E-state index in [0.29, 0.717) is 6.04 Å². The molecule has 0 aromatic heterocycles. The minimum absolute atomic E-state index is 0. The number of nitrogens with zero attached hydrogens (tertiary/aromatic N) is 1. The molecule has 0 bridgehead atoms. The average Bonchev–Trinajstić information content (AvgIpc) is 2.45. The maximum absolute atomic E-state index is 13.8. The van der Waals surface area contributed by atoms with Crippen molar-refractivity contribution >= 4 is 24.8 Å². The highest BCUT2D eigenvalue weighted by Gasteiger charge is 2.23. The summed E-state index contributed by atoms with van der Waals surface area (Å²) in [5.74, 6) is -0.0749. The van der Waals surface area contributed by atoms with Crippen LogP contribution in [0.5, 0.6) is 0 Å². The summed E-state index contributed by atoms with van der Waals surface area (Å²) >= 11 is 0. The highest BCUT2D eigenvalue weighted by Crippen LogP contribution is 2.30. The lowest BCUT2D eigenvalue weighted by atomic mass is 9.94. The predicted molar refractivity (Wildman–Crippen MR) is 92.3 cm³/mol. The highest BCUT2D eigenvalue weighted by atomic mass is 35.5. The fourth-order valence-electron chi connectivity index (χ4n) is 2.91. The van der Waals surface area contributed by atoms with Crippen molar-refractivity contribution in [1.29, 1.82) is 0 Å². The van der Waals surface area contributed by atoms with E-state index in [-0.39, 0.29) is 30.6 Å². The highest BCUT2D eigenvalue weighted by molar-refractivity contribution is 5.85. The SMILES string of the molecule is CCCC[C@H](c1cccc(F)c1C)N1CCNCC1.Cl.Cl. The lowest BCUT2D eigenvalue weighted by Gasteiger charge is -2.36. The van der Waals surface area contributed by atoms with E-state index in [1.54, 1.807) is 6.07 Å². The van der Waals surface area contributed by atoms with Gasteiger partial charge in [-0.25, -0.2) is 4.39 Å². The fourth-order valence-corrected chi connectivity index (χ4v) is 2.91. The second kappa shape index (κ2) is 10.4. The van der Waals surface area contributed by atoms with E-state index in [4.69, 9.17) is 0 Å². The van der Waals surface area contributed by atoms with E-state index in [2.05, 4.69) is 23.2 Å². The van der Waals surface area contributed by atoms with Crippen LogP contribution < -0.4 is 5.32 Å². The smallest absolute Gasteiger partial charge is 0.126 e. The summed E-state index contributed by atoms with van der Waals surface area (Å²) in [6, 6.07) is 5.88. The maximum Gasteiger partial charge on any atom is 0.126 e. The standard InChI is InChI=1S/C16H25FN2.2ClH/c1-3-4-8-16(19-11-9-18-10-12-19)14-6-5-7-15(17)13(14)2;;/h5-7,16,18H,3-4,8-12H2,1-2H3;2*1H/t16-;;/m1../s1. The monoisotopic (exact) mass is 336 g/mol. The molecule has 1 aromatic rings. The molecule has 21 heavy (non-hydrogen) atoms. The molecule has 0 spiro atoms. The molecule has 0 saturated carbocycles. The Bertz CT molecular complexity index is 409. The molecule has 1 N–H and O–H groups in total. The fraction of sp³-hybridized carbons (Fsp3) is 0.625. The van der Waals surface area contributed by atoms with Crippen molar-refractivity contribution in [3.63, 3.8) is 0 Å². The van der Waals surface area contributed by atoms with Gasteiger partial charge in [0, 0.05) is 32.2 Å². The largest absolute Gasteiger partial charge is 0.314 e. The number of hydrogen-bond acceptors (Lipinski definition) is 2. The van der Waals surface area contributed by atoms with Gasteiger partial charge in [-0.2, -0.15) is 0 Å². The molecule has 1 aliphatic rings. The van der Waals surface area contributed by atoms with Gasteiger partial charge >= 0.3 is 0 Å². The van der Waals surface area contributed by atoms with Gasteiger partial charge in [-0.3, -0.25) is 4.90 Å². The minimum atomic E-state index is -0.0749. The van der Waals surface area contributed by atoms with Crippen LogP contribution in [0.2, 0.25) is 0 Å². The van der Waals surface area contributed by atoms with Crippen LogP contribution in [0.25, 0.3) is 0 Å². The molecule has 1 aliphatic heterocycles. The Hall–Kier alpha value is -0.350. The molecule has 2 rings (SSSR count). The molecular formula is C16H27Cl2FN2. The normalized spacial score (nSPS) is 16.7. The van der Waals surface area contributed by atoms with Crippen LogP contribution in [0.4, 0.5) is 4.39 Å². The van der Waals surface area contributed by atoms with Gasteiger partial charge < -0.3 is 5.32 Å². The van der Waals surface area contributed by atoms with Gasteiger partial charge in [0.05, 0.1) is 0 Å². The first-order valence-electron chi connectivity index (χ1n) is 7.43. The van der Waals surface area contributed by atoms with Gasteiger partial charge in [0.15, 0.2) is 0 Å². The Morgan fingerprint density at radius 3 is 2.52 bits per heavy atom. The summed E-state index contributed by atoms with van der Waals surface area (Å²) in [4.78, 5) is 2.51. The van der Waals surface area contributed by atoms with Crippen molar-refractivity contribution in [2.45, 2.75) is 39.2 Å². The molecule has 5 heteroatoms. The van der Waals surface area contributed by atoms with Crippen LogP contribution >= 0.6 is 24.8 Å². The Morgan fingerprint density at radius 1 is 1.24 bits per heavy atom. The summed E-state index contributed by atoms with van der Waals surface area (Å²) in [5.41, 5.74) is 2.00. The number of unbranched alkanes of at least 4 members (excludes halogenated alkanes) is 1. The maximum atomic E-state index is 13.8. The number of nitrogens with one attached hydrogen (secondary N) is 1. The summed E-state index contributed by atoms with van der Waals surface area (Å²) in [5, 5.41) is 3.39. The zero-order valence-electron chi connectivity index (χ0n) is 12.9. The number of hydrogen-bond donors (Lipinski definition) is 1. The number of benzene rings is 1. The van der Waals surface area contributed by atoms with Crippen LogP contribution in [0.1, 0.15) is 43.4 Å². The van der Waals surface area contributed by atoms with Crippen LogP contribution in [0, 0.1) is 12.7 Å². The third kappa shape index (κ3) is 5.41. The van der Waals surface area contributed by atoms with Crippen molar-refractivity contribution in [3.8, 4) is 0 Å². The lowest BCUT2D eigenvalue weighted by molar-refractivity contribution is 0.162. The quantitative estimate of drug-likeness (QED) is 0.870. The molecule has 1 heterocycles. The van der Waals surface area contributed by atoms with Crippen molar-refractivity contribution in [3.05, 3.63) is 35.1 Å². The van der Waals surface area contributed by atoms with Crippen molar-refractivity contribution < 1.29 is 4.39 Å². The van der Waals surface area contributed by atoms with Crippen LogP contribution in [0.3, 0.4) is 0 Å². The topological polar surface area (TPSA) is 15.3 Å². The molecule has 0 aliphatic carbocycles. The molecule has 0 amide bonds. The first-order valence-corrected chi connectivity index (χ1v) is 7.43. The van der Waals surface area contributed by atoms with Gasteiger partial charge in [0.25, 0.3) is 0 Å². The predicted octanol–water partition coefficient (Wildman–Crippen LogP) is 4.11. The molecule has 1 atom stereocenters. The Kier molecular flexibility index (Phi) is 10.2. The Labute approximate surface area is 140 Å². The van der Waals surface area contributed by atoms with Gasteiger partial charge in [0.2, 0.25) is 0 Å². The lowest BCUT2D eigenvalue weighted by Crippen LogP contribution is -2.45. The molecular weight excluding hydrogens is 310 g/mol.